The highest BCUT2D eigenvalue weighted by Crippen LogP contribution is 2.29. The van der Waals surface area contributed by atoms with Crippen LogP contribution in [0.4, 0.5) is 25.8 Å². The first-order valence-corrected chi connectivity index (χ1v) is 6.00. The van der Waals surface area contributed by atoms with Crippen LogP contribution in [-0.2, 0) is 0 Å². The third kappa shape index (κ3) is 2.14. The number of hydrogen-bond acceptors (Lipinski definition) is 3. The average Bonchev–Trinajstić information content (AvgIpc) is 2.45. The number of fused-ring (bicyclic) bond motifs is 1. The quantitative estimate of drug-likeness (QED) is 0.696. The Morgan fingerprint density at radius 3 is 2.60 bits per heavy atom. The SMILES string of the molecule is Nc1ccc(Nc2ccc(F)cc2F)c2ncccc12. The van der Waals surface area contributed by atoms with Crippen molar-refractivity contribution in [2.75, 3.05) is 11.1 Å². The van der Waals surface area contributed by atoms with E-state index in [1.165, 1.54) is 12.1 Å². The molecule has 0 aliphatic carbocycles. The first kappa shape index (κ1) is 12.3. The second-order valence-corrected chi connectivity index (χ2v) is 4.35. The van der Waals surface area contributed by atoms with Crippen molar-refractivity contribution in [2.24, 2.45) is 0 Å². The largest absolute Gasteiger partial charge is 0.398 e. The molecular formula is C15H11F2N3. The second-order valence-electron chi connectivity index (χ2n) is 4.35. The van der Waals surface area contributed by atoms with Crippen LogP contribution in [0.1, 0.15) is 0 Å². The van der Waals surface area contributed by atoms with Gasteiger partial charge in [0, 0.05) is 23.3 Å². The molecule has 3 rings (SSSR count). The highest BCUT2D eigenvalue weighted by atomic mass is 19.1. The van der Waals surface area contributed by atoms with Gasteiger partial charge in [-0.2, -0.15) is 0 Å². The Kier molecular flexibility index (Phi) is 2.95. The van der Waals surface area contributed by atoms with Crippen LogP contribution in [0.5, 0.6) is 0 Å². The van der Waals surface area contributed by atoms with Gasteiger partial charge in [-0.3, -0.25) is 4.98 Å². The second kappa shape index (κ2) is 4.77. The zero-order valence-corrected chi connectivity index (χ0v) is 10.4. The summed E-state index contributed by atoms with van der Waals surface area (Å²) in [6.45, 7) is 0. The van der Waals surface area contributed by atoms with Gasteiger partial charge in [-0.15, -0.1) is 0 Å². The summed E-state index contributed by atoms with van der Waals surface area (Å²) >= 11 is 0. The highest BCUT2D eigenvalue weighted by Gasteiger charge is 2.08. The Morgan fingerprint density at radius 1 is 1.00 bits per heavy atom. The molecule has 3 nitrogen and oxygen atoms in total. The van der Waals surface area contributed by atoms with Crippen molar-refractivity contribution >= 4 is 28.0 Å². The molecule has 5 heteroatoms. The van der Waals surface area contributed by atoms with Gasteiger partial charge in [-0.05, 0) is 36.4 Å². The van der Waals surface area contributed by atoms with Crippen LogP contribution in [0, 0.1) is 11.6 Å². The summed E-state index contributed by atoms with van der Waals surface area (Å²) < 4.78 is 26.6. The fraction of sp³-hybridized carbons (Fsp3) is 0. The molecule has 0 amide bonds. The van der Waals surface area contributed by atoms with Crippen molar-refractivity contribution in [3.63, 3.8) is 0 Å². The number of anilines is 3. The van der Waals surface area contributed by atoms with Gasteiger partial charge in [0.05, 0.1) is 16.9 Å². The van der Waals surface area contributed by atoms with E-state index in [4.69, 9.17) is 5.73 Å². The van der Waals surface area contributed by atoms with Gasteiger partial charge in [-0.1, -0.05) is 0 Å². The van der Waals surface area contributed by atoms with Crippen LogP contribution < -0.4 is 11.1 Å². The molecule has 3 aromatic rings. The molecule has 0 spiro atoms. The number of hydrogen-bond donors (Lipinski definition) is 2. The minimum Gasteiger partial charge on any atom is -0.398 e. The third-order valence-electron chi connectivity index (χ3n) is 3.00. The lowest BCUT2D eigenvalue weighted by molar-refractivity contribution is 0.586. The first-order chi connectivity index (χ1) is 9.65. The standard InChI is InChI=1S/C15H11F2N3/c16-9-3-5-13(11(17)8-9)20-14-6-4-12(18)10-2-1-7-19-15(10)14/h1-8,20H,18H2. The molecule has 20 heavy (non-hydrogen) atoms. The monoisotopic (exact) mass is 271 g/mol. The molecule has 0 aliphatic heterocycles. The lowest BCUT2D eigenvalue weighted by atomic mass is 10.1. The summed E-state index contributed by atoms with van der Waals surface area (Å²) in [5.74, 6) is -1.28. The number of pyridine rings is 1. The minimum absolute atomic E-state index is 0.183. The van der Waals surface area contributed by atoms with Gasteiger partial charge in [0.15, 0.2) is 0 Å². The van der Waals surface area contributed by atoms with Gasteiger partial charge in [-0.25, -0.2) is 8.78 Å². The smallest absolute Gasteiger partial charge is 0.149 e. The number of halogens is 2. The zero-order valence-electron chi connectivity index (χ0n) is 10.4. The number of rotatable bonds is 2. The summed E-state index contributed by atoms with van der Waals surface area (Å²) in [5, 5.41) is 3.69. The van der Waals surface area contributed by atoms with E-state index in [2.05, 4.69) is 10.3 Å². The number of aromatic nitrogens is 1. The predicted octanol–water partition coefficient (Wildman–Crippen LogP) is 3.84. The van der Waals surface area contributed by atoms with Crippen LogP contribution in [0.2, 0.25) is 0 Å². The van der Waals surface area contributed by atoms with Gasteiger partial charge in [0.2, 0.25) is 0 Å². The molecule has 3 N–H and O–H groups in total. The summed E-state index contributed by atoms with van der Waals surface area (Å²) in [5.41, 5.74) is 7.90. The molecule has 0 unspecified atom stereocenters. The lowest BCUT2D eigenvalue weighted by Gasteiger charge is -2.11. The van der Waals surface area contributed by atoms with E-state index in [-0.39, 0.29) is 5.69 Å². The third-order valence-corrected chi connectivity index (χ3v) is 3.00. The number of nitrogens with one attached hydrogen (secondary N) is 1. The predicted molar refractivity (Wildman–Crippen MR) is 75.8 cm³/mol. The Balaban J connectivity index is 2.09. The Labute approximate surface area is 114 Å². The highest BCUT2D eigenvalue weighted by molar-refractivity contribution is 5.99. The molecule has 0 saturated carbocycles. The first-order valence-electron chi connectivity index (χ1n) is 6.00. The number of nitrogen functional groups attached to an aromatic ring is 1. The zero-order chi connectivity index (χ0) is 14.1. The molecule has 1 aromatic heterocycles. The molecule has 0 atom stereocenters. The van der Waals surface area contributed by atoms with Crippen molar-refractivity contribution in [2.45, 2.75) is 0 Å². The van der Waals surface area contributed by atoms with E-state index in [0.29, 0.717) is 16.9 Å². The minimum atomic E-state index is -0.661. The topological polar surface area (TPSA) is 50.9 Å². The molecule has 0 radical (unpaired) electrons. The van der Waals surface area contributed by atoms with Crippen molar-refractivity contribution in [1.29, 1.82) is 0 Å². The molecule has 0 aliphatic rings. The van der Waals surface area contributed by atoms with E-state index < -0.39 is 11.6 Å². The molecule has 0 fully saturated rings. The molecule has 2 aromatic carbocycles. The van der Waals surface area contributed by atoms with Crippen LogP contribution in [0.15, 0.2) is 48.7 Å². The van der Waals surface area contributed by atoms with Gasteiger partial charge >= 0.3 is 0 Å². The maximum Gasteiger partial charge on any atom is 0.149 e. The molecular weight excluding hydrogens is 260 g/mol. The summed E-state index contributed by atoms with van der Waals surface area (Å²) in [7, 11) is 0. The molecule has 100 valence electrons. The molecule has 0 bridgehead atoms. The van der Waals surface area contributed by atoms with Crippen LogP contribution in [-0.4, -0.2) is 4.98 Å². The van der Waals surface area contributed by atoms with Gasteiger partial charge in [0.1, 0.15) is 11.6 Å². The maximum atomic E-state index is 13.7. The normalized spacial score (nSPS) is 10.7. The van der Waals surface area contributed by atoms with Crippen molar-refractivity contribution < 1.29 is 8.78 Å². The lowest BCUT2D eigenvalue weighted by Crippen LogP contribution is -1.98. The van der Waals surface area contributed by atoms with E-state index in [1.807, 2.05) is 6.07 Å². The summed E-state index contributed by atoms with van der Waals surface area (Å²) in [6, 6.07) is 10.4. The van der Waals surface area contributed by atoms with Crippen LogP contribution in [0.25, 0.3) is 10.9 Å². The number of nitrogens with two attached hydrogens (primary N) is 1. The van der Waals surface area contributed by atoms with E-state index in [1.54, 1.807) is 24.4 Å². The summed E-state index contributed by atoms with van der Waals surface area (Å²) in [4.78, 5) is 4.25. The Hall–Kier alpha value is -2.69. The van der Waals surface area contributed by atoms with E-state index >= 15 is 0 Å². The summed E-state index contributed by atoms with van der Waals surface area (Å²) in [6.07, 6.45) is 1.63. The van der Waals surface area contributed by atoms with Crippen molar-refractivity contribution in [3.05, 3.63) is 60.3 Å². The van der Waals surface area contributed by atoms with Gasteiger partial charge in [0.25, 0.3) is 0 Å². The average molecular weight is 271 g/mol. The van der Waals surface area contributed by atoms with Crippen LogP contribution in [0.3, 0.4) is 0 Å². The molecule has 1 heterocycles. The van der Waals surface area contributed by atoms with Crippen molar-refractivity contribution in [3.8, 4) is 0 Å². The van der Waals surface area contributed by atoms with Gasteiger partial charge < -0.3 is 11.1 Å². The Morgan fingerprint density at radius 2 is 1.80 bits per heavy atom. The number of benzene rings is 2. The molecule has 0 saturated heterocycles. The van der Waals surface area contributed by atoms with E-state index in [9.17, 15) is 8.78 Å². The number of nitrogens with zero attached hydrogens (tertiary/aromatic N) is 1. The van der Waals surface area contributed by atoms with E-state index in [0.717, 1.165) is 11.5 Å². The fourth-order valence-electron chi connectivity index (χ4n) is 2.03. The van der Waals surface area contributed by atoms with Crippen molar-refractivity contribution in [1.82, 2.24) is 4.98 Å². The van der Waals surface area contributed by atoms with Crippen LogP contribution >= 0.6 is 0 Å². The maximum absolute atomic E-state index is 13.7. The fourth-order valence-corrected chi connectivity index (χ4v) is 2.03. The Bertz CT molecular complexity index is 787.